The molecule has 164 valence electrons. The van der Waals surface area contributed by atoms with Crippen molar-refractivity contribution in [3.63, 3.8) is 0 Å². The van der Waals surface area contributed by atoms with E-state index in [2.05, 4.69) is 4.40 Å². The normalized spacial score (nSPS) is 24.5. The van der Waals surface area contributed by atoms with E-state index in [0.29, 0.717) is 42.1 Å². The summed E-state index contributed by atoms with van der Waals surface area (Å²) in [5.41, 5.74) is 4.18. The van der Waals surface area contributed by atoms with Gasteiger partial charge in [-0.25, -0.2) is 0 Å². The number of aliphatic hydroxyl groups excluding tert-OH is 1. The average molecular weight is 444 g/mol. The fourth-order valence-corrected chi connectivity index (χ4v) is 5.57. The van der Waals surface area contributed by atoms with Gasteiger partial charge in [-0.15, -0.1) is 0 Å². The van der Waals surface area contributed by atoms with Crippen LogP contribution in [0, 0.1) is 20.8 Å². The zero-order valence-electron chi connectivity index (χ0n) is 17.8. The monoisotopic (exact) mass is 443 g/mol. The van der Waals surface area contributed by atoms with Gasteiger partial charge in [0.2, 0.25) is 0 Å². The topological polar surface area (TPSA) is 101 Å². The number of morpholine rings is 1. The van der Waals surface area contributed by atoms with Crippen LogP contribution in [0.2, 0.25) is 0 Å². The van der Waals surface area contributed by atoms with E-state index in [4.69, 9.17) is 4.74 Å². The summed E-state index contributed by atoms with van der Waals surface area (Å²) in [7, 11) is -4.00. The van der Waals surface area contributed by atoms with Crippen molar-refractivity contribution in [2.45, 2.75) is 31.5 Å². The predicted octanol–water partition coefficient (Wildman–Crippen LogP) is 0.740. The van der Waals surface area contributed by atoms with Gasteiger partial charge < -0.3 is 14.9 Å². The molecule has 1 fully saturated rings. The predicted molar refractivity (Wildman–Crippen MR) is 117 cm³/mol. The second-order valence-corrected chi connectivity index (χ2v) is 9.65. The Hall–Kier alpha value is -2.36. The molecule has 1 heterocycles. The van der Waals surface area contributed by atoms with E-state index in [0.717, 1.165) is 16.0 Å². The van der Waals surface area contributed by atoms with Gasteiger partial charge in [0.1, 0.15) is 19.7 Å². The zero-order valence-corrected chi connectivity index (χ0v) is 18.7. The van der Waals surface area contributed by atoms with E-state index in [1.165, 1.54) is 0 Å². The highest BCUT2D eigenvalue weighted by atomic mass is 32.2. The number of hydrogen-bond donors (Lipinski definition) is 3. The minimum Gasteiger partial charge on any atom is -0.391 e. The highest BCUT2D eigenvalue weighted by molar-refractivity contribution is 7.90. The summed E-state index contributed by atoms with van der Waals surface area (Å²) in [6.07, 6.45) is 1.58. The first-order valence-corrected chi connectivity index (χ1v) is 11.7. The SMILES string of the molecule is Cc1cc(C)c(S(=O)(=O)N=C2C=C3[NH+](CCO)CCO[C@]3(O)c3ccccc32)cc1C. The van der Waals surface area contributed by atoms with Crippen LogP contribution in [0.4, 0.5) is 0 Å². The van der Waals surface area contributed by atoms with Gasteiger partial charge in [0, 0.05) is 17.2 Å². The number of nitrogens with zero attached hydrogens (tertiary/aromatic N) is 1. The number of rotatable bonds is 4. The summed E-state index contributed by atoms with van der Waals surface area (Å²) < 4.78 is 36.5. The molecule has 0 amide bonds. The van der Waals surface area contributed by atoms with Crippen LogP contribution >= 0.6 is 0 Å². The Bertz CT molecular complexity index is 1200. The van der Waals surface area contributed by atoms with E-state index < -0.39 is 15.8 Å². The molecule has 1 saturated heterocycles. The van der Waals surface area contributed by atoms with Gasteiger partial charge in [0.05, 0.1) is 17.2 Å². The summed E-state index contributed by atoms with van der Waals surface area (Å²) in [6.45, 7) is 6.72. The third-order valence-electron chi connectivity index (χ3n) is 6.01. The Morgan fingerprint density at radius 2 is 1.84 bits per heavy atom. The van der Waals surface area contributed by atoms with E-state index >= 15 is 0 Å². The van der Waals surface area contributed by atoms with Gasteiger partial charge in [0.15, 0.2) is 5.70 Å². The summed E-state index contributed by atoms with van der Waals surface area (Å²) in [5, 5.41) is 20.9. The first-order chi connectivity index (χ1) is 14.7. The molecule has 2 aromatic rings. The molecule has 0 spiro atoms. The summed E-state index contributed by atoms with van der Waals surface area (Å²) >= 11 is 0. The molecule has 1 aliphatic heterocycles. The third kappa shape index (κ3) is 3.75. The van der Waals surface area contributed by atoms with Crippen LogP contribution in [0.25, 0.3) is 0 Å². The average Bonchev–Trinajstić information content (AvgIpc) is 2.72. The number of aliphatic hydroxyl groups is 2. The third-order valence-corrected chi connectivity index (χ3v) is 7.44. The Morgan fingerprint density at radius 3 is 2.58 bits per heavy atom. The van der Waals surface area contributed by atoms with Crippen molar-refractivity contribution < 1.29 is 28.3 Å². The summed E-state index contributed by atoms with van der Waals surface area (Å²) in [6, 6.07) is 10.5. The van der Waals surface area contributed by atoms with Gasteiger partial charge in [-0.2, -0.15) is 12.8 Å². The van der Waals surface area contributed by atoms with Crippen LogP contribution in [0.5, 0.6) is 0 Å². The van der Waals surface area contributed by atoms with Crippen molar-refractivity contribution in [1.82, 2.24) is 0 Å². The molecule has 2 aliphatic rings. The van der Waals surface area contributed by atoms with Crippen molar-refractivity contribution in [2.75, 3.05) is 26.3 Å². The molecule has 31 heavy (non-hydrogen) atoms. The lowest BCUT2D eigenvalue weighted by Crippen LogP contribution is -3.14. The number of sulfonamides is 1. The maximum Gasteiger partial charge on any atom is 0.283 e. The van der Waals surface area contributed by atoms with Crippen molar-refractivity contribution in [3.8, 4) is 0 Å². The smallest absolute Gasteiger partial charge is 0.283 e. The molecular weight excluding hydrogens is 416 g/mol. The number of allylic oxidation sites excluding steroid dienone is 1. The van der Waals surface area contributed by atoms with Gasteiger partial charge in [-0.1, -0.05) is 30.3 Å². The van der Waals surface area contributed by atoms with E-state index in [-0.39, 0.29) is 17.2 Å². The van der Waals surface area contributed by atoms with Crippen LogP contribution in [0.15, 0.2) is 57.5 Å². The highest BCUT2D eigenvalue weighted by Gasteiger charge is 2.49. The van der Waals surface area contributed by atoms with Gasteiger partial charge in [0.25, 0.3) is 15.8 Å². The first kappa shape index (κ1) is 21.9. The second-order valence-electron chi connectivity index (χ2n) is 8.08. The molecule has 3 N–H and O–H groups in total. The standard InChI is InChI=1S/C23H26N2O5S/c1-15-12-17(3)21(13-16(15)2)31(28,29)24-20-14-22-23(27,19-7-5-4-6-18(19)20)30-11-9-25(22)8-10-26/h4-7,12-14,26-27H,8-11H2,1-3H3/p+1/t23-/m1/s1. The number of hydrogen-bond acceptors (Lipinski definition) is 5. The molecule has 7 nitrogen and oxygen atoms in total. The minimum absolute atomic E-state index is 0.0724. The van der Waals surface area contributed by atoms with Crippen molar-refractivity contribution in [1.29, 1.82) is 0 Å². The molecule has 0 radical (unpaired) electrons. The van der Waals surface area contributed by atoms with Crippen molar-refractivity contribution in [2.24, 2.45) is 4.40 Å². The molecule has 2 aromatic carbocycles. The zero-order chi connectivity index (χ0) is 22.4. The maximum atomic E-state index is 13.3. The molecule has 0 bridgehead atoms. The van der Waals surface area contributed by atoms with Crippen LogP contribution < -0.4 is 4.90 Å². The summed E-state index contributed by atoms with van der Waals surface area (Å²) in [4.78, 5) is 0.998. The van der Waals surface area contributed by atoms with Crippen LogP contribution in [-0.2, 0) is 20.5 Å². The number of aryl methyl sites for hydroxylation is 3. The van der Waals surface area contributed by atoms with Crippen LogP contribution in [0.1, 0.15) is 27.8 Å². The Balaban J connectivity index is 1.91. The van der Waals surface area contributed by atoms with Crippen molar-refractivity contribution >= 4 is 15.7 Å². The van der Waals surface area contributed by atoms with E-state index in [1.54, 1.807) is 43.3 Å². The second kappa shape index (κ2) is 7.96. The molecule has 0 aromatic heterocycles. The number of quaternary nitrogens is 1. The van der Waals surface area contributed by atoms with E-state index in [1.807, 2.05) is 19.9 Å². The molecule has 1 aliphatic carbocycles. The quantitative estimate of drug-likeness (QED) is 0.647. The maximum absolute atomic E-state index is 13.3. The van der Waals surface area contributed by atoms with Gasteiger partial charge in [-0.05, 0) is 43.5 Å². The highest BCUT2D eigenvalue weighted by Crippen LogP contribution is 2.37. The fourth-order valence-electron chi connectivity index (χ4n) is 4.27. The Morgan fingerprint density at radius 1 is 1.13 bits per heavy atom. The number of fused-ring (bicyclic) bond motifs is 3. The number of benzene rings is 2. The Labute approximate surface area is 182 Å². The van der Waals surface area contributed by atoms with Crippen LogP contribution in [0.3, 0.4) is 0 Å². The molecule has 8 heteroatoms. The van der Waals surface area contributed by atoms with E-state index in [9.17, 15) is 18.6 Å². The minimum atomic E-state index is -4.00. The number of nitrogens with one attached hydrogen (secondary N) is 1. The van der Waals surface area contributed by atoms with Gasteiger partial charge >= 0.3 is 0 Å². The number of ether oxygens (including phenoxy) is 1. The van der Waals surface area contributed by atoms with Gasteiger partial charge in [-0.3, -0.25) is 4.90 Å². The summed E-state index contributed by atoms with van der Waals surface area (Å²) in [5.74, 6) is -1.68. The molecule has 4 rings (SSSR count). The molecular formula is C23H27N2O5S+. The van der Waals surface area contributed by atoms with Crippen LogP contribution in [-0.4, -0.2) is 50.6 Å². The largest absolute Gasteiger partial charge is 0.391 e. The lowest BCUT2D eigenvalue weighted by molar-refractivity contribution is -0.882. The lowest BCUT2D eigenvalue weighted by Gasteiger charge is -2.41. The lowest BCUT2D eigenvalue weighted by atomic mass is 9.86. The molecule has 1 unspecified atom stereocenters. The Kier molecular flexibility index (Phi) is 5.61. The van der Waals surface area contributed by atoms with Crippen molar-refractivity contribution in [3.05, 3.63) is 76.0 Å². The molecule has 0 saturated carbocycles. The first-order valence-electron chi connectivity index (χ1n) is 10.2. The molecule has 2 atom stereocenters. The fraction of sp³-hybridized carbons (Fsp3) is 0.348.